The van der Waals surface area contributed by atoms with Crippen molar-refractivity contribution in [1.29, 1.82) is 0 Å². The molecule has 1 aromatic rings. The van der Waals surface area contributed by atoms with E-state index < -0.39 is 0 Å². The summed E-state index contributed by atoms with van der Waals surface area (Å²) in [7, 11) is 1.67. The van der Waals surface area contributed by atoms with Crippen LogP contribution in [0.25, 0.3) is 0 Å². The smallest absolute Gasteiger partial charge is 0.241 e. The normalized spacial score (nSPS) is 31.9. The van der Waals surface area contributed by atoms with Gasteiger partial charge in [-0.15, -0.1) is 0 Å². The maximum absolute atomic E-state index is 12.7. The third-order valence-corrected chi connectivity index (χ3v) is 4.64. The zero-order valence-electron chi connectivity index (χ0n) is 13.2. The van der Waals surface area contributed by atoms with E-state index in [0.717, 1.165) is 17.7 Å². The van der Waals surface area contributed by atoms with E-state index in [1.165, 1.54) is 0 Å². The van der Waals surface area contributed by atoms with E-state index >= 15 is 0 Å². The molecule has 0 aromatic heterocycles. The molecule has 1 saturated carbocycles. The molecule has 0 bridgehead atoms. The molecule has 1 aliphatic heterocycles. The van der Waals surface area contributed by atoms with Crippen molar-refractivity contribution in [3.63, 3.8) is 0 Å². The number of amides is 1. The van der Waals surface area contributed by atoms with E-state index in [4.69, 9.17) is 4.74 Å². The zero-order chi connectivity index (χ0) is 15.1. The Morgan fingerprint density at radius 3 is 2.67 bits per heavy atom. The molecule has 1 amide bonds. The fourth-order valence-electron chi connectivity index (χ4n) is 3.20. The van der Waals surface area contributed by atoms with Crippen LogP contribution in [0.5, 0.6) is 5.75 Å². The minimum absolute atomic E-state index is 0.0325. The van der Waals surface area contributed by atoms with Crippen LogP contribution >= 0.6 is 0 Å². The van der Waals surface area contributed by atoms with Crippen molar-refractivity contribution < 1.29 is 9.53 Å². The van der Waals surface area contributed by atoms with Crippen molar-refractivity contribution in [3.05, 3.63) is 29.8 Å². The molecule has 21 heavy (non-hydrogen) atoms. The molecule has 1 heterocycles. The van der Waals surface area contributed by atoms with Crippen LogP contribution in [0.4, 0.5) is 0 Å². The first-order valence-electron chi connectivity index (χ1n) is 7.75. The van der Waals surface area contributed by atoms with Crippen LogP contribution < -0.4 is 10.1 Å². The lowest BCUT2D eigenvalue weighted by Gasteiger charge is -2.25. The summed E-state index contributed by atoms with van der Waals surface area (Å²) in [6, 6.07) is 8.30. The molecular weight excluding hydrogens is 264 g/mol. The number of hydrogen-bond acceptors (Lipinski definition) is 3. The lowest BCUT2D eigenvalue weighted by Crippen LogP contribution is -2.35. The summed E-state index contributed by atoms with van der Waals surface area (Å²) >= 11 is 0. The first-order valence-corrected chi connectivity index (χ1v) is 7.75. The highest BCUT2D eigenvalue weighted by molar-refractivity contribution is 5.85. The molecule has 0 spiro atoms. The van der Waals surface area contributed by atoms with Gasteiger partial charge in [0.05, 0.1) is 13.2 Å². The molecule has 4 unspecified atom stereocenters. The fraction of sp³-hybridized carbons (Fsp3) is 0.588. The molecule has 1 saturated heterocycles. The van der Waals surface area contributed by atoms with Crippen LogP contribution in [0.15, 0.2) is 24.3 Å². The van der Waals surface area contributed by atoms with Gasteiger partial charge in [-0.25, -0.2) is 0 Å². The van der Waals surface area contributed by atoms with Gasteiger partial charge in [0.25, 0.3) is 0 Å². The molecular formula is C17H24N2O2. The van der Waals surface area contributed by atoms with Crippen molar-refractivity contribution >= 4 is 5.91 Å². The molecule has 1 aliphatic carbocycles. The predicted molar refractivity (Wildman–Crippen MR) is 81.9 cm³/mol. The second kappa shape index (κ2) is 5.34. The summed E-state index contributed by atoms with van der Waals surface area (Å²) in [4.78, 5) is 14.8. The summed E-state index contributed by atoms with van der Waals surface area (Å²) in [6.07, 6.45) is 1.08. The highest BCUT2D eigenvalue weighted by Crippen LogP contribution is 2.42. The van der Waals surface area contributed by atoms with Crippen molar-refractivity contribution in [2.75, 3.05) is 7.11 Å². The molecule has 2 fully saturated rings. The molecule has 114 valence electrons. The van der Waals surface area contributed by atoms with E-state index in [1.807, 2.05) is 18.2 Å². The Morgan fingerprint density at radius 2 is 2.10 bits per heavy atom. The first-order chi connectivity index (χ1) is 10.0. The number of ether oxygens (including phenoxy) is 1. The minimum atomic E-state index is -0.0889. The van der Waals surface area contributed by atoms with E-state index in [9.17, 15) is 4.79 Å². The molecule has 1 aromatic carbocycles. The Balaban J connectivity index is 1.92. The molecule has 3 rings (SSSR count). The van der Waals surface area contributed by atoms with Gasteiger partial charge in [-0.05, 0) is 36.0 Å². The largest absolute Gasteiger partial charge is 0.497 e. The van der Waals surface area contributed by atoms with Crippen molar-refractivity contribution in [2.45, 2.75) is 45.4 Å². The van der Waals surface area contributed by atoms with Crippen LogP contribution in [0.3, 0.4) is 0 Å². The summed E-state index contributed by atoms with van der Waals surface area (Å²) in [5.74, 6) is 1.98. The van der Waals surface area contributed by atoms with Crippen LogP contribution in [-0.4, -0.2) is 30.0 Å². The summed E-state index contributed by atoms with van der Waals surface area (Å²) in [5, 5.41) is 3.52. The van der Waals surface area contributed by atoms with Gasteiger partial charge in [0, 0.05) is 6.04 Å². The van der Waals surface area contributed by atoms with Gasteiger partial charge < -0.3 is 9.64 Å². The maximum Gasteiger partial charge on any atom is 0.241 e. The fourth-order valence-corrected chi connectivity index (χ4v) is 3.20. The van der Waals surface area contributed by atoms with E-state index in [2.05, 4.69) is 37.1 Å². The number of carbonyl (C=O) groups excluding carboxylic acids is 1. The number of nitrogens with one attached hydrogen (secondary N) is 1. The number of benzene rings is 1. The van der Waals surface area contributed by atoms with Gasteiger partial charge in [-0.2, -0.15) is 0 Å². The molecule has 2 aliphatic rings. The highest BCUT2D eigenvalue weighted by atomic mass is 16.5. The Labute approximate surface area is 126 Å². The van der Waals surface area contributed by atoms with Crippen LogP contribution in [0, 0.1) is 11.8 Å². The maximum atomic E-state index is 12.7. The number of hydrogen-bond donors (Lipinski definition) is 1. The Hall–Kier alpha value is -1.55. The van der Waals surface area contributed by atoms with Crippen LogP contribution in [-0.2, 0) is 4.79 Å². The van der Waals surface area contributed by atoms with Crippen molar-refractivity contribution in [2.24, 2.45) is 11.8 Å². The highest BCUT2D eigenvalue weighted by Gasteiger charge is 2.50. The lowest BCUT2D eigenvalue weighted by molar-refractivity contribution is -0.131. The van der Waals surface area contributed by atoms with Gasteiger partial charge >= 0.3 is 0 Å². The molecule has 4 atom stereocenters. The summed E-state index contributed by atoms with van der Waals surface area (Å²) in [6.45, 7) is 6.40. The Morgan fingerprint density at radius 1 is 1.38 bits per heavy atom. The standard InChI is InChI=1S/C17H24N2O2/c1-10(2)15-17(20)19(14-8-11(14)3)16(18-15)12-6-5-7-13(9-12)21-4/h5-7,9-11,14-16,18H,8H2,1-4H3. The summed E-state index contributed by atoms with van der Waals surface area (Å²) < 4.78 is 5.32. The Kier molecular flexibility index (Phi) is 3.66. The second-order valence-corrected chi connectivity index (χ2v) is 6.59. The average molecular weight is 288 g/mol. The van der Waals surface area contributed by atoms with E-state index in [-0.39, 0.29) is 18.1 Å². The lowest BCUT2D eigenvalue weighted by atomic mass is 10.1. The number of methoxy groups -OCH3 is 1. The van der Waals surface area contributed by atoms with Gasteiger partial charge in [0.1, 0.15) is 11.9 Å². The predicted octanol–water partition coefficient (Wildman–Crippen LogP) is 2.56. The second-order valence-electron chi connectivity index (χ2n) is 6.59. The quantitative estimate of drug-likeness (QED) is 0.926. The van der Waals surface area contributed by atoms with Crippen LogP contribution in [0.1, 0.15) is 38.9 Å². The average Bonchev–Trinajstić information content (AvgIpc) is 3.07. The van der Waals surface area contributed by atoms with Gasteiger partial charge in [-0.1, -0.05) is 32.9 Å². The molecule has 4 heteroatoms. The monoisotopic (exact) mass is 288 g/mol. The van der Waals surface area contributed by atoms with Crippen molar-refractivity contribution in [3.8, 4) is 5.75 Å². The van der Waals surface area contributed by atoms with Gasteiger partial charge in [-0.3, -0.25) is 10.1 Å². The van der Waals surface area contributed by atoms with E-state index in [1.54, 1.807) is 7.11 Å². The zero-order valence-corrected chi connectivity index (χ0v) is 13.2. The molecule has 0 radical (unpaired) electrons. The van der Waals surface area contributed by atoms with E-state index in [0.29, 0.717) is 17.9 Å². The third kappa shape index (κ3) is 2.53. The minimum Gasteiger partial charge on any atom is -0.497 e. The summed E-state index contributed by atoms with van der Waals surface area (Å²) in [5.41, 5.74) is 1.10. The first kappa shape index (κ1) is 14.4. The number of rotatable bonds is 4. The topological polar surface area (TPSA) is 41.6 Å². The Bertz CT molecular complexity index is 543. The third-order valence-electron chi connectivity index (χ3n) is 4.64. The van der Waals surface area contributed by atoms with Crippen molar-refractivity contribution in [1.82, 2.24) is 10.2 Å². The van der Waals surface area contributed by atoms with Crippen LogP contribution in [0.2, 0.25) is 0 Å². The van der Waals surface area contributed by atoms with Gasteiger partial charge in [0.2, 0.25) is 5.91 Å². The number of carbonyl (C=O) groups is 1. The van der Waals surface area contributed by atoms with Gasteiger partial charge in [0.15, 0.2) is 0 Å². The number of nitrogens with zero attached hydrogens (tertiary/aromatic N) is 1. The SMILES string of the molecule is COc1cccc(C2NC(C(C)C)C(=O)N2C2CC2C)c1. The molecule has 4 nitrogen and oxygen atoms in total. The molecule has 1 N–H and O–H groups in total.